The topological polar surface area (TPSA) is 35.3 Å². The normalized spacial score (nSPS) is 16.5. The molecule has 39 heavy (non-hydrogen) atoms. The summed E-state index contributed by atoms with van der Waals surface area (Å²) in [4.78, 5) is 9.29. The zero-order chi connectivity index (χ0) is 26.7. The maximum absolute atomic E-state index is 6.44. The highest BCUT2D eigenvalue weighted by Crippen LogP contribution is 2.45. The Morgan fingerprint density at radius 3 is 2.13 bits per heavy atom. The maximum Gasteiger partial charge on any atom is 0.136 e. The number of anilines is 5. The Morgan fingerprint density at radius 2 is 1.38 bits per heavy atom. The Balaban J connectivity index is 1.18. The molecule has 6 nitrogen and oxygen atoms in total. The fourth-order valence-electron chi connectivity index (χ4n) is 5.78. The van der Waals surface area contributed by atoms with Gasteiger partial charge in [-0.2, -0.15) is 0 Å². The Kier molecular flexibility index (Phi) is 5.35. The van der Waals surface area contributed by atoms with Crippen molar-refractivity contribution in [3.05, 3.63) is 103 Å². The highest BCUT2D eigenvalue weighted by atomic mass is 16.5. The van der Waals surface area contributed by atoms with Gasteiger partial charge in [-0.15, -0.1) is 0 Å². The first-order chi connectivity index (χ1) is 18.9. The predicted molar refractivity (Wildman–Crippen MR) is 159 cm³/mol. The number of rotatable bonds is 4. The van der Waals surface area contributed by atoms with Crippen LogP contribution in [-0.4, -0.2) is 32.3 Å². The summed E-state index contributed by atoms with van der Waals surface area (Å²) in [6.45, 7) is 6.13. The zero-order valence-electron chi connectivity index (χ0n) is 22.8. The van der Waals surface area contributed by atoms with Gasteiger partial charge >= 0.3 is 0 Å². The second-order valence-corrected chi connectivity index (χ2v) is 11.0. The lowest BCUT2D eigenvalue weighted by molar-refractivity contribution is 0.150. The zero-order valence-corrected chi connectivity index (χ0v) is 22.8. The minimum absolute atomic E-state index is 0.0344. The number of furan rings is 1. The van der Waals surface area contributed by atoms with Gasteiger partial charge in [-0.25, -0.2) is 0 Å². The summed E-state index contributed by atoms with van der Waals surface area (Å²) in [5, 5.41) is 1.10. The van der Waals surface area contributed by atoms with Crippen LogP contribution in [0.25, 0.3) is 11.0 Å². The van der Waals surface area contributed by atoms with E-state index in [-0.39, 0.29) is 5.54 Å². The Labute approximate surface area is 229 Å². The Morgan fingerprint density at radius 1 is 0.692 bits per heavy atom. The van der Waals surface area contributed by atoms with Crippen LogP contribution >= 0.6 is 0 Å². The number of fused-ring (bicyclic) bond motifs is 3. The first-order valence-corrected chi connectivity index (χ1v) is 13.3. The fraction of sp³-hybridized carbons (Fsp3) is 0.212. The third kappa shape index (κ3) is 3.91. The van der Waals surface area contributed by atoms with Crippen LogP contribution in [0, 0.1) is 0 Å². The van der Waals surface area contributed by atoms with Gasteiger partial charge in [0.2, 0.25) is 0 Å². The van der Waals surface area contributed by atoms with Gasteiger partial charge in [-0.05, 0) is 68.9 Å². The predicted octanol–water partition coefficient (Wildman–Crippen LogP) is 8.05. The highest BCUT2D eigenvalue weighted by Gasteiger charge is 2.35. The third-order valence-corrected chi connectivity index (χ3v) is 8.26. The molecule has 5 aromatic rings. The quantitative estimate of drug-likeness (QED) is 0.240. The molecule has 1 aromatic heterocycles. The van der Waals surface area contributed by atoms with E-state index in [1.165, 1.54) is 16.9 Å². The summed E-state index contributed by atoms with van der Waals surface area (Å²) in [5.41, 5.74) is 7.96. The first-order valence-electron chi connectivity index (χ1n) is 13.3. The molecule has 0 atom stereocenters. The van der Waals surface area contributed by atoms with Gasteiger partial charge in [0.1, 0.15) is 17.1 Å². The van der Waals surface area contributed by atoms with Gasteiger partial charge in [0.15, 0.2) is 0 Å². The van der Waals surface area contributed by atoms with Crippen LogP contribution in [-0.2, 0) is 5.54 Å². The van der Waals surface area contributed by atoms with Crippen molar-refractivity contribution in [1.29, 1.82) is 0 Å². The van der Waals surface area contributed by atoms with Gasteiger partial charge in [0, 0.05) is 53.2 Å². The molecule has 0 aliphatic carbocycles. The SMILES string of the molecule is CN1CN(c2cccc(Oc3cccc(N4CN(C)C(C)(C)c5ccccc54)c3)c2)c2cc3ccoc3cc21. The average Bonchev–Trinajstić information content (AvgIpc) is 3.54. The molecule has 0 saturated carbocycles. The van der Waals surface area contributed by atoms with E-state index in [0.29, 0.717) is 0 Å². The molecule has 0 spiro atoms. The molecule has 0 radical (unpaired) electrons. The molecule has 0 N–H and O–H groups in total. The number of hydrogen-bond acceptors (Lipinski definition) is 6. The van der Waals surface area contributed by atoms with E-state index in [4.69, 9.17) is 9.15 Å². The van der Waals surface area contributed by atoms with E-state index < -0.39 is 0 Å². The Hall–Kier alpha value is -4.42. The molecule has 196 valence electrons. The van der Waals surface area contributed by atoms with Crippen LogP contribution < -0.4 is 19.4 Å². The minimum Gasteiger partial charge on any atom is -0.464 e. The van der Waals surface area contributed by atoms with Crippen LogP contribution in [0.1, 0.15) is 19.4 Å². The molecule has 0 fully saturated rings. The van der Waals surface area contributed by atoms with Gasteiger partial charge in [-0.3, -0.25) is 4.90 Å². The number of nitrogens with zero attached hydrogens (tertiary/aromatic N) is 4. The standard InChI is InChI=1S/C33H32N4O2/c1-33(2)28-13-5-6-14-29(28)37(22-35(33)4)25-10-8-12-27(19-25)39-26-11-7-9-24(18-26)36-21-34(3)30-20-32-23(15-16-38-32)17-31(30)36/h5-20H,21-22H2,1-4H3. The van der Waals surface area contributed by atoms with Crippen LogP contribution in [0.3, 0.4) is 0 Å². The monoisotopic (exact) mass is 516 g/mol. The average molecular weight is 517 g/mol. The van der Waals surface area contributed by atoms with Crippen molar-refractivity contribution >= 4 is 39.4 Å². The molecule has 0 unspecified atom stereocenters. The second-order valence-electron chi connectivity index (χ2n) is 11.0. The summed E-state index contributed by atoms with van der Waals surface area (Å²) >= 11 is 0. The largest absolute Gasteiger partial charge is 0.464 e. The van der Waals surface area contributed by atoms with Crippen molar-refractivity contribution in [2.75, 3.05) is 42.1 Å². The van der Waals surface area contributed by atoms with Crippen LogP contribution in [0.15, 0.2) is 102 Å². The molecule has 0 amide bonds. The number of para-hydroxylation sites is 1. The molecule has 0 bridgehead atoms. The van der Waals surface area contributed by atoms with Crippen molar-refractivity contribution in [3.8, 4) is 11.5 Å². The van der Waals surface area contributed by atoms with Crippen LogP contribution in [0.2, 0.25) is 0 Å². The summed E-state index contributed by atoms with van der Waals surface area (Å²) in [6.07, 6.45) is 1.74. The van der Waals surface area contributed by atoms with Gasteiger partial charge in [0.05, 0.1) is 31.0 Å². The van der Waals surface area contributed by atoms with Crippen LogP contribution in [0.4, 0.5) is 28.4 Å². The van der Waals surface area contributed by atoms with Crippen molar-refractivity contribution < 1.29 is 9.15 Å². The van der Waals surface area contributed by atoms with E-state index in [1.807, 2.05) is 18.2 Å². The lowest BCUT2D eigenvalue weighted by Gasteiger charge is -2.47. The minimum atomic E-state index is -0.0344. The first kappa shape index (κ1) is 23.7. The lowest BCUT2D eigenvalue weighted by atomic mass is 9.88. The molecule has 0 saturated heterocycles. The molecule has 2 aliphatic heterocycles. The van der Waals surface area contributed by atoms with E-state index >= 15 is 0 Å². The summed E-state index contributed by atoms with van der Waals surface area (Å²) in [6, 6.07) is 31.7. The van der Waals surface area contributed by atoms with Crippen molar-refractivity contribution in [3.63, 3.8) is 0 Å². The van der Waals surface area contributed by atoms with Crippen LogP contribution in [0.5, 0.6) is 11.5 Å². The summed E-state index contributed by atoms with van der Waals surface area (Å²) < 4.78 is 12.1. The van der Waals surface area contributed by atoms with Crippen molar-refractivity contribution in [2.24, 2.45) is 0 Å². The third-order valence-electron chi connectivity index (χ3n) is 8.26. The van der Waals surface area contributed by atoms with Gasteiger partial charge in [-0.1, -0.05) is 30.3 Å². The van der Waals surface area contributed by atoms with E-state index in [2.05, 4.69) is 120 Å². The molecule has 7 rings (SSSR count). The molecular weight excluding hydrogens is 484 g/mol. The molecule has 6 heteroatoms. The number of ether oxygens (including phenoxy) is 1. The highest BCUT2D eigenvalue weighted by molar-refractivity contribution is 5.93. The van der Waals surface area contributed by atoms with Gasteiger partial charge in [0.25, 0.3) is 0 Å². The number of hydrogen-bond donors (Lipinski definition) is 0. The second kappa shape index (κ2) is 8.82. The molecule has 2 aliphatic rings. The summed E-state index contributed by atoms with van der Waals surface area (Å²) in [7, 11) is 4.29. The van der Waals surface area contributed by atoms with E-state index in [9.17, 15) is 0 Å². The fourth-order valence-corrected chi connectivity index (χ4v) is 5.78. The van der Waals surface area contributed by atoms with Crippen molar-refractivity contribution in [2.45, 2.75) is 19.4 Å². The smallest absolute Gasteiger partial charge is 0.136 e. The molecule has 3 heterocycles. The lowest BCUT2D eigenvalue weighted by Crippen LogP contribution is -2.49. The van der Waals surface area contributed by atoms with Gasteiger partial charge < -0.3 is 23.9 Å². The van der Waals surface area contributed by atoms with E-state index in [1.54, 1.807) is 6.26 Å². The van der Waals surface area contributed by atoms with Crippen molar-refractivity contribution in [1.82, 2.24) is 4.90 Å². The summed E-state index contributed by atoms with van der Waals surface area (Å²) in [5.74, 6) is 1.62. The molecular formula is C33H32N4O2. The number of benzene rings is 4. The van der Waals surface area contributed by atoms with E-state index in [0.717, 1.165) is 52.9 Å². The molecule has 4 aromatic carbocycles. The Bertz CT molecular complexity index is 1690. The maximum atomic E-state index is 6.44.